The molecule has 0 amide bonds. The molecule has 0 unspecified atom stereocenters. The van der Waals surface area contributed by atoms with Crippen LogP contribution in [0.5, 0.6) is 0 Å². The molecule has 1 rings (SSSR count). The quantitative estimate of drug-likeness (QED) is 0.445. The monoisotopic (exact) mass is 302 g/mol. The van der Waals surface area contributed by atoms with Crippen LogP contribution in [0.2, 0.25) is 0 Å². The number of hydrogen-bond acceptors (Lipinski definition) is 6. The van der Waals surface area contributed by atoms with Crippen LogP contribution < -0.4 is 11.3 Å². The summed E-state index contributed by atoms with van der Waals surface area (Å²) in [6.07, 6.45) is 0.664. The van der Waals surface area contributed by atoms with E-state index in [1.807, 2.05) is 6.92 Å². The predicted octanol–water partition coefficient (Wildman–Crippen LogP) is 1.30. The van der Waals surface area contributed by atoms with Gasteiger partial charge in [0.1, 0.15) is 5.69 Å². The van der Waals surface area contributed by atoms with Crippen molar-refractivity contribution in [3.63, 3.8) is 0 Å². The zero-order chi connectivity index (χ0) is 15.3. The maximum absolute atomic E-state index is 12.4. The lowest BCUT2D eigenvalue weighted by Crippen LogP contribution is -2.31. The fourth-order valence-corrected chi connectivity index (χ4v) is 3.35. The maximum Gasteiger partial charge on any atom is 0.294 e. The van der Waals surface area contributed by atoms with Crippen molar-refractivity contribution >= 4 is 21.4 Å². The topological polar surface area (TPSA) is 119 Å². The number of nitrogens with zero attached hydrogens (tertiary/aromatic N) is 2. The van der Waals surface area contributed by atoms with E-state index in [1.165, 1.54) is 16.4 Å². The van der Waals surface area contributed by atoms with Gasteiger partial charge in [0.15, 0.2) is 0 Å². The molecule has 0 spiro atoms. The molecule has 20 heavy (non-hydrogen) atoms. The highest BCUT2D eigenvalue weighted by Gasteiger charge is 2.25. The molecule has 0 aliphatic rings. The lowest BCUT2D eigenvalue weighted by Gasteiger charge is -2.19. The summed E-state index contributed by atoms with van der Waals surface area (Å²) in [5, 5.41) is 10.9. The Morgan fingerprint density at radius 3 is 2.50 bits per heavy atom. The van der Waals surface area contributed by atoms with Gasteiger partial charge in [-0.25, -0.2) is 8.42 Å². The van der Waals surface area contributed by atoms with E-state index in [4.69, 9.17) is 5.84 Å². The highest BCUT2D eigenvalue weighted by Crippen LogP contribution is 2.28. The standard InChI is InChI=1S/C11H18N4O4S/c1-3-7-14(4-2)20(18,19)9-5-6-10(13-12)11(8-9)15(16)17/h5-6,8,13H,3-4,7,12H2,1-2H3. The van der Waals surface area contributed by atoms with Crippen LogP contribution in [0.3, 0.4) is 0 Å². The third-order valence-corrected chi connectivity index (χ3v) is 4.76. The molecule has 112 valence electrons. The minimum absolute atomic E-state index is 0.0625. The summed E-state index contributed by atoms with van der Waals surface area (Å²) in [6, 6.07) is 3.60. The fraction of sp³-hybridized carbons (Fsp3) is 0.455. The summed E-state index contributed by atoms with van der Waals surface area (Å²) in [7, 11) is -3.73. The Balaban J connectivity index is 3.32. The molecule has 1 aromatic rings. The Hall–Kier alpha value is -1.71. The van der Waals surface area contributed by atoms with Crippen LogP contribution in [0, 0.1) is 10.1 Å². The molecule has 0 fully saturated rings. The highest BCUT2D eigenvalue weighted by molar-refractivity contribution is 7.89. The Bertz CT molecular complexity index is 588. The van der Waals surface area contributed by atoms with Crippen LogP contribution in [0.4, 0.5) is 11.4 Å². The average Bonchev–Trinajstić information content (AvgIpc) is 2.43. The first kappa shape index (κ1) is 16.3. The lowest BCUT2D eigenvalue weighted by molar-refractivity contribution is -0.384. The van der Waals surface area contributed by atoms with Crippen LogP contribution >= 0.6 is 0 Å². The number of hydrogen-bond donors (Lipinski definition) is 2. The van der Waals surface area contributed by atoms with Gasteiger partial charge in [-0.1, -0.05) is 13.8 Å². The Kier molecular flexibility index (Phi) is 5.43. The Morgan fingerprint density at radius 1 is 1.40 bits per heavy atom. The molecule has 9 heteroatoms. The molecule has 0 radical (unpaired) electrons. The van der Waals surface area contributed by atoms with Gasteiger partial charge < -0.3 is 5.43 Å². The molecule has 0 aromatic heterocycles. The van der Waals surface area contributed by atoms with E-state index in [-0.39, 0.29) is 16.3 Å². The number of nitrogens with two attached hydrogens (primary N) is 1. The predicted molar refractivity (Wildman–Crippen MR) is 75.6 cm³/mol. The molecule has 3 N–H and O–H groups in total. The molecular weight excluding hydrogens is 284 g/mol. The van der Waals surface area contributed by atoms with Crippen molar-refractivity contribution in [3.8, 4) is 0 Å². The fourth-order valence-electron chi connectivity index (χ4n) is 1.79. The number of nitrogens with one attached hydrogen (secondary N) is 1. The number of anilines is 1. The van der Waals surface area contributed by atoms with Crippen LogP contribution in [-0.2, 0) is 10.0 Å². The van der Waals surface area contributed by atoms with Gasteiger partial charge in [-0.2, -0.15) is 4.31 Å². The third kappa shape index (κ3) is 3.24. The van der Waals surface area contributed by atoms with E-state index < -0.39 is 14.9 Å². The number of hydrazine groups is 1. The summed E-state index contributed by atoms with van der Waals surface area (Å²) in [5.74, 6) is 5.17. The van der Waals surface area contributed by atoms with Crippen LogP contribution in [-0.4, -0.2) is 30.7 Å². The molecule has 0 saturated carbocycles. The second-order valence-corrected chi connectivity index (χ2v) is 6.02. The minimum atomic E-state index is -3.73. The van der Waals surface area contributed by atoms with Crippen molar-refractivity contribution in [3.05, 3.63) is 28.3 Å². The first-order valence-corrected chi connectivity index (χ1v) is 7.57. The van der Waals surface area contributed by atoms with Gasteiger partial charge >= 0.3 is 0 Å². The molecule has 0 aliphatic heterocycles. The number of nitro groups is 1. The van der Waals surface area contributed by atoms with Crippen LogP contribution in [0.1, 0.15) is 20.3 Å². The van der Waals surface area contributed by atoms with Crippen molar-refractivity contribution in [1.29, 1.82) is 0 Å². The molecular formula is C11H18N4O4S. The van der Waals surface area contributed by atoms with Gasteiger partial charge in [0.2, 0.25) is 10.0 Å². The van der Waals surface area contributed by atoms with Gasteiger partial charge in [-0.3, -0.25) is 16.0 Å². The zero-order valence-electron chi connectivity index (χ0n) is 11.4. The molecule has 1 aromatic carbocycles. The molecule has 0 bridgehead atoms. The van der Waals surface area contributed by atoms with Gasteiger partial charge in [0, 0.05) is 19.2 Å². The summed E-state index contributed by atoms with van der Waals surface area (Å²) in [6.45, 7) is 4.25. The van der Waals surface area contributed by atoms with E-state index >= 15 is 0 Å². The molecule has 0 atom stereocenters. The number of sulfonamides is 1. The summed E-state index contributed by atoms with van der Waals surface area (Å²) in [5.41, 5.74) is 1.86. The lowest BCUT2D eigenvalue weighted by atomic mass is 10.3. The van der Waals surface area contributed by atoms with E-state index in [2.05, 4.69) is 5.43 Å². The summed E-state index contributed by atoms with van der Waals surface area (Å²) in [4.78, 5) is 10.1. The van der Waals surface area contributed by atoms with Crippen molar-refractivity contribution < 1.29 is 13.3 Å². The van der Waals surface area contributed by atoms with E-state index in [0.29, 0.717) is 19.5 Å². The number of nitro benzene ring substituents is 1. The van der Waals surface area contributed by atoms with E-state index in [0.717, 1.165) is 6.07 Å². The van der Waals surface area contributed by atoms with Gasteiger partial charge in [0.25, 0.3) is 5.69 Å². The van der Waals surface area contributed by atoms with Gasteiger partial charge in [-0.15, -0.1) is 0 Å². The van der Waals surface area contributed by atoms with Crippen molar-refractivity contribution in [2.24, 2.45) is 5.84 Å². The molecule has 0 aliphatic carbocycles. The summed E-state index contributed by atoms with van der Waals surface area (Å²) < 4.78 is 26.0. The third-order valence-electron chi connectivity index (χ3n) is 2.78. The van der Waals surface area contributed by atoms with E-state index in [9.17, 15) is 18.5 Å². The Morgan fingerprint density at radius 2 is 2.05 bits per heavy atom. The largest absolute Gasteiger partial charge is 0.318 e. The summed E-state index contributed by atoms with van der Waals surface area (Å²) >= 11 is 0. The smallest absolute Gasteiger partial charge is 0.294 e. The second-order valence-electron chi connectivity index (χ2n) is 4.08. The van der Waals surface area contributed by atoms with Crippen molar-refractivity contribution in [2.45, 2.75) is 25.2 Å². The van der Waals surface area contributed by atoms with Crippen LogP contribution in [0.15, 0.2) is 23.1 Å². The van der Waals surface area contributed by atoms with Crippen molar-refractivity contribution in [2.75, 3.05) is 18.5 Å². The van der Waals surface area contributed by atoms with Crippen LogP contribution in [0.25, 0.3) is 0 Å². The molecule has 0 heterocycles. The normalized spacial score (nSPS) is 11.6. The number of benzene rings is 1. The van der Waals surface area contributed by atoms with Crippen molar-refractivity contribution in [1.82, 2.24) is 4.31 Å². The minimum Gasteiger partial charge on any atom is -0.318 e. The number of rotatable bonds is 7. The first-order chi connectivity index (χ1) is 9.38. The molecule has 0 saturated heterocycles. The average molecular weight is 302 g/mol. The zero-order valence-corrected chi connectivity index (χ0v) is 12.2. The second kappa shape index (κ2) is 6.64. The SMILES string of the molecule is CCCN(CC)S(=O)(=O)c1ccc(NN)c([N+](=O)[O-])c1. The molecule has 8 nitrogen and oxygen atoms in total. The highest BCUT2D eigenvalue weighted by atomic mass is 32.2. The van der Waals surface area contributed by atoms with E-state index in [1.54, 1.807) is 6.92 Å². The van der Waals surface area contributed by atoms with Gasteiger partial charge in [0.05, 0.1) is 9.82 Å². The maximum atomic E-state index is 12.4. The Labute approximate surface area is 117 Å². The first-order valence-electron chi connectivity index (χ1n) is 6.13. The number of nitrogen functional groups attached to an aromatic ring is 1. The van der Waals surface area contributed by atoms with Gasteiger partial charge in [-0.05, 0) is 18.6 Å².